The molecular formula is C20H15NO2. The highest BCUT2D eigenvalue weighted by Gasteiger charge is 2.16. The van der Waals surface area contributed by atoms with E-state index in [-0.39, 0.29) is 5.91 Å². The molecule has 3 nitrogen and oxygen atoms in total. The normalized spacial score (nSPS) is 11.0. The molecule has 3 heteroatoms. The minimum atomic E-state index is -0.0370. The van der Waals surface area contributed by atoms with Crippen LogP contribution >= 0.6 is 0 Å². The van der Waals surface area contributed by atoms with Gasteiger partial charge in [-0.05, 0) is 36.4 Å². The van der Waals surface area contributed by atoms with Crippen LogP contribution in [0.25, 0.3) is 21.8 Å². The number of fused-ring (bicyclic) bond motifs is 3. The van der Waals surface area contributed by atoms with E-state index in [0.717, 1.165) is 27.6 Å². The lowest BCUT2D eigenvalue weighted by Gasteiger charge is -2.07. The maximum Gasteiger partial charge on any atom is 0.262 e. The molecule has 0 aliphatic rings. The molecule has 1 heterocycles. The van der Waals surface area contributed by atoms with Gasteiger partial charge in [-0.1, -0.05) is 36.4 Å². The first-order chi connectivity index (χ1) is 11.3. The number of ether oxygens (including phenoxy) is 1. The number of rotatable bonds is 2. The van der Waals surface area contributed by atoms with E-state index >= 15 is 0 Å². The number of hydrogen-bond acceptors (Lipinski definition) is 2. The highest BCUT2D eigenvalue weighted by molar-refractivity contribution is 6.16. The summed E-state index contributed by atoms with van der Waals surface area (Å²) in [5.41, 5.74) is 2.49. The van der Waals surface area contributed by atoms with Crippen molar-refractivity contribution in [2.24, 2.45) is 0 Å². The SMILES string of the molecule is COc1ccc(C(=O)n2c3ccccc3c3ccccc32)cc1. The van der Waals surface area contributed by atoms with Gasteiger partial charge >= 0.3 is 0 Å². The van der Waals surface area contributed by atoms with E-state index in [1.54, 1.807) is 35.9 Å². The molecule has 0 aliphatic carbocycles. The Labute approximate surface area is 133 Å². The Morgan fingerprint density at radius 1 is 0.783 bits per heavy atom. The molecule has 0 saturated carbocycles. The van der Waals surface area contributed by atoms with Crippen molar-refractivity contribution < 1.29 is 9.53 Å². The van der Waals surface area contributed by atoms with Crippen LogP contribution in [0, 0.1) is 0 Å². The smallest absolute Gasteiger partial charge is 0.262 e. The minimum absolute atomic E-state index is 0.0370. The maximum atomic E-state index is 13.1. The summed E-state index contributed by atoms with van der Waals surface area (Å²) in [6, 6.07) is 23.2. The molecule has 0 radical (unpaired) electrons. The zero-order chi connectivity index (χ0) is 15.8. The van der Waals surface area contributed by atoms with Gasteiger partial charge < -0.3 is 4.74 Å². The first-order valence-electron chi connectivity index (χ1n) is 7.46. The molecule has 4 rings (SSSR count). The lowest BCUT2D eigenvalue weighted by molar-refractivity contribution is 0.0969. The molecule has 0 atom stereocenters. The van der Waals surface area contributed by atoms with E-state index < -0.39 is 0 Å². The van der Waals surface area contributed by atoms with E-state index in [2.05, 4.69) is 12.1 Å². The van der Waals surface area contributed by atoms with Crippen LogP contribution < -0.4 is 4.74 Å². The monoisotopic (exact) mass is 301 g/mol. The van der Waals surface area contributed by atoms with Crippen molar-refractivity contribution in [3.05, 3.63) is 78.4 Å². The Hall–Kier alpha value is -3.07. The molecule has 0 bridgehead atoms. The molecule has 0 unspecified atom stereocenters. The Bertz CT molecular complexity index is 960. The van der Waals surface area contributed by atoms with Crippen molar-refractivity contribution >= 4 is 27.7 Å². The third-order valence-electron chi connectivity index (χ3n) is 4.12. The van der Waals surface area contributed by atoms with Crippen molar-refractivity contribution in [3.63, 3.8) is 0 Å². The second-order valence-corrected chi connectivity index (χ2v) is 5.40. The second-order valence-electron chi connectivity index (χ2n) is 5.40. The van der Waals surface area contributed by atoms with E-state index in [1.165, 1.54) is 0 Å². The highest BCUT2D eigenvalue weighted by Crippen LogP contribution is 2.29. The number of hydrogen-bond donors (Lipinski definition) is 0. The Kier molecular flexibility index (Phi) is 3.12. The van der Waals surface area contributed by atoms with E-state index in [1.807, 2.05) is 36.4 Å². The van der Waals surface area contributed by atoms with Crippen LogP contribution in [0.5, 0.6) is 5.75 Å². The summed E-state index contributed by atoms with van der Waals surface area (Å²) in [5, 5.41) is 2.18. The molecule has 0 N–H and O–H groups in total. The number of nitrogens with zero attached hydrogens (tertiary/aromatic N) is 1. The van der Waals surface area contributed by atoms with Crippen molar-refractivity contribution in [2.45, 2.75) is 0 Å². The van der Waals surface area contributed by atoms with Gasteiger partial charge in [0.25, 0.3) is 5.91 Å². The Morgan fingerprint density at radius 2 is 1.30 bits per heavy atom. The summed E-state index contributed by atoms with van der Waals surface area (Å²) >= 11 is 0. The molecule has 0 aliphatic heterocycles. The lowest BCUT2D eigenvalue weighted by atomic mass is 10.2. The Morgan fingerprint density at radius 3 is 1.83 bits per heavy atom. The average Bonchev–Trinajstić information content (AvgIpc) is 2.96. The first kappa shape index (κ1) is 13.6. The summed E-state index contributed by atoms with van der Waals surface area (Å²) in [5.74, 6) is 0.703. The summed E-state index contributed by atoms with van der Waals surface area (Å²) < 4.78 is 6.95. The minimum Gasteiger partial charge on any atom is -0.497 e. The van der Waals surface area contributed by atoms with Crippen LogP contribution in [0.15, 0.2) is 72.8 Å². The van der Waals surface area contributed by atoms with Crippen LogP contribution in [0.3, 0.4) is 0 Å². The summed E-state index contributed by atoms with van der Waals surface area (Å²) in [4.78, 5) is 13.1. The molecule has 0 spiro atoms. The standard InChI is InChI=1S/C20H15NO2/c1-23-15-12-10-14(11-13-15)20(22)21-18-8-4-2-6-16(18)17-7-3-5-9-19(17)21/h2-13H,1H3. The zero-order valence-corrected chi connectivity index (χ0v) is 12.7. The van der Waals surface area contributed by atoms with E-state index in [0.29, 0.717) is 5.56 Å². The number of carbonyl (C=O) groups excluding carboxylic acids is 1. The highest BCUT2D eigenvalue weighted by atomic mass is 16.5. The topological polar surface area (TPSA) is 31.2 Å². The van der Waals surface area contributed by atoms with Gasteiger partial charge in [0.2, 0.25) is 0 Å². The number of carbonyl (C=O) groups is 1. The van der Waals surface area contributed by atoms with Gasteiger partial charge in [0.15, 0.2) is 0 Å². The van der Waals surface area contributed by atoms with Gasteiger partial charge in [0.1, 0.15) is 5.75 Å². The predicted octanol–water partition coefficient (Wildman–Crippen LogP) is 4.49. The average molecular weight is 301 g/mol. The predicted molar refractivity (Wildman–Crippen MR) is 92.2 cm³/mol. The van der Waals surface area contributed by atoms with Gasteiger partial charge in [-0.25, -0.2) is 0 Å². The van der Waals surface area contributed by atoms with Crippen molar-refractivity contribution in [3.8, 4) is 5.75 Å². The van der Waals surface area contributed by atoms with Crippen LogP contribution in [-0.2, 0) is 0 Å². The van der Waals surface area contributed by atoms with Gasteiger partial charge in [-0.15, -0.1) is 0 Å². The lowest BCUT2D eigenvalue weighted by Crippen LogP contribution is -2.11. The number of aromatic nitrogens is 1. The molecule has 3 aromatic carbocycles. The fourth-order valence-electron chi connectivity index (χ4n) is 3.00. The third kappa shape index (κ3) is 2.09. The molecular weight excluding hydrogens is 286 g/mol. The van der Waals surface area contributed by atoms with Crippen molar-refractivity contribution in [1.82, 2.24) is 4.57 Å². The fourth-order valence-corrected chi connectivity index (χ4v) is 3.00. The fraction of sp³-hybridized carbons (Fsp3) is 0.0500. The molecule has 112 valence electrons. The summed E-state index contributed by atoms with van der Waals surface area (Å²) in [6.07, 6.45) is 0. The number of para-hydroxylation sites is 2. The maximum absolute atomic E-state index is 13.1. The van der Waals surface area contributed by atoms with Crippen molar-refractivity contribution in [2.75, 3.05) is 7.11 Å². The second kappa shape index (κ2) is 5.29. The van der Waals surface area contributed by atoms with E-state index in [4.69, 9.17) is 4.74 Å². The molecule has 1 aromatic heterocycles. The summed E-state index contributed by atoms with van der Waals surface area (Å²) in [6.45, 7) is 0. The van der Waals surface area contributed by atoms with Crippen LogP contribution in [0.4, 0.5) is 0 Å². The van der Waals surface area contributed by atoms with Gasteiger partial charge in [0.05, 0.1) is 18.1 Å². The molecule has 23 heavy (non-hydrogen) atoms. The van der Waals surface area contributed by atoms with Crippen molar-refractivity contribution in [1.29, 1.82) is 0 Å². The van der Waals surface area contributed by atoms with Crippen LogP contribution in [0.1, 0.15) is 10.4 Å². The van der Waals surface area contributed by atoms with Crippen LogP contribution in [-0.4, -0.2) is 17.6 Å². The van der Waals surface area contributed by atoms with Gasteiger partial charge in [-0.2, -0.15) is 0 Å². The molecule has 0 saturated heterocycles. The number of benzene rings is 3. The third-order valence-corrected chi connectivity index (χ3v) is 4.12. The quantitative estimate of drug-likeness (QED) is 0.546. The molecule has 4 aromatic rings. The largest absolute Gasteiger partial charge is 0.497 e. The van der Waals surface area contributed by atoms with Gasteiger partial charge in [-0.3, -0.25) is 9.36 Å². The molecule has 0 amide bonds. The Balaban J connectivity index is 1.97. The van der Waals surface area contributed by atoms with Gasteiger partial charge in [0, 0.05) is 16.3 Å². The molecule has 0 fully saturated rings. The van der Waals surface area contributed by atoms with Crippen LogP contribution in [0.2, 0.25) is 0 Å². The number of methoxy groups -OCH3 is 1. The first-order valence-corrected chi connectivity index (χ1v) is 7.46. The van der Waals surface area contributed by atoms with E-state index in [9.17, 15) is 4.79 Å². The summed E-state index contributed by atoms with van der Waals surface area (Å²) in [7, 11) is 1.61. The zero-order valence-electron chi connectivity index (χ0n) is 12.7.